The first-order chi connectivity index (χ1) is 9.08. The largest absolute Gasteiger partial charge is 0.388 e. The van der Waals surface area contributed by atoms with Gasteiger partial charge in [0.2, 0.25) is 0 Å². The highest BCUT2D eigenvalue weighted by atomic mass is 35.5. The third kappa shape index (κ3) is 3.46. The molecule has 2 aromatic rings. The summed E-state index contributed by atoms with van der Waals surface area (Å²) in [6, 6.07) is 9.70. The van der Waals surface area contributed by atoms with Crippen LogP contribution in [0.25, 0.3) is 0 Å². The van der Waals surface area contributed by atoms with Gasteiger partial charge in [0.1, 0.15) is 0 Å². The Morgan fingerprint density at radius 3 is 2.47 bits per heavy atom. The quantitative estimate of drug-likeness (QED) is 0.932. The maximum Gasteiger partial charge on any atom is 0.0830 e. The predicted molar refractivity (Wildman–Crippen MR) is 78.7 cm³/mol. The predicted octanol–water partition coefficient (Wildman–Crippen LogP) is 3.08. The molecule has 1 atom stereocenters. The number of benzene rings is 1. The van der Waals surface area contributed by atoms with E-state index in [-0.39, 0.29) is 0 Å². The third-order valence-electron chi connectivity index (χ3n) is 3.06. The van der Waals surface area contributed by atoms with Gasteiger partial charge in [-0.3, -0.25) is 4.98 Å². The number of rotatable bonds is 4. The summed E-state index contributed by atoms with van der Waals surface area (Å²) in [5.41, 5.74) is 2.90. The molecule has 0 saturated carbocycles. The minimum atomic E-state index is -0.559. The van der Waals surface area contributed by atoms with Crippen LogP contribution < -0.4 is 4.90 Å². The van der Waals surface area contributed by atoms with Gasteiger partial charge in [0.25, 0.3) is 0 Å². The molecule has 1 aromatic heterocycles. The summed E-state index contributed by atoms with van der Waals surface area (Å²) in [4.78, 5) is 5.96. The molecular formula is C15H17ClN2O. The van der Waals surface area contributed by atoms with E-state index in [0.717, 1.165) is 16.8 Å². The highest BCUT2D eigenvalue weighted by Crippen LogP contribution is 2.24. The summed E-state index contributed by atoms with van der Waals surface area (Å²) in [5, 5.41) is 10.8. The normalized spacial score (nSPS) is 12.2. The SMILES string of the molecule is CN(C)c1ccc(C(O)Cc2ccncc2Cl)cc1. The summed E-state index contributed by atoms with van der Waals surface area (Å²) in [6.45, 7) is 0. The lowest BCUT2D eigenvalue weighted by molar-refractivity contribution is 0.178. The second-order valence-corrected chi connectivity index (χ2v) is 5.08. The van der Waals surface area contributed by atoms with Crippen LogP contribution in [0.5, 0.6) is 0 Å². The van der Waals surface area contributed by atoms with Crippen LogP contribution in [-0.4, -0.2) is 24.2 Å². The van der Waals surface area contributed by atoms with Crippen molar-refractivity contribution < 1.29 is 5.11 Å². The topological polar surface area (TPSA) is 36.4 Å². The second-order valence-electron chi connectivity index (χ2n) is 4.67. The van der Waals surface area contributed by atoms with Crippen molar-refractivity contribution in [3.05, 3.63) is 58.9 Å². The number of nitrogens with zero attached hydrogens (tertiary/aromatic N) is 2. The molecule has 1 N–H and O–H groups in total. The molecule has 0 bridgehead atoms. The maximum absolute atomic E-state index is 10.2. The minimum absolute atomic E-state index is 0.489. The fourth-order valence-electron chi connectivity index (χ4n) is 1.89. The van der Waals surface area contributed by atoms with E-state index >= 15 is 0 Å². The van der Waals surface area contributed by atoms with Gasteiger partial charge in [0.15, 0.2) is 0 Å². The highest BCUT2D eigenvalue weighted by Gasteiger charge is 2.11. The molecule has 0 radical (unpaired) electrons. The Kier molecular flexibility index (Phi) is 4.40. The van der Waals surface area contributed by atoms with Crippen LogP contribution >= 0.6 is 11.6 Å². The summed E-state index contributed by atoms with van der Waals surface area (Å²) < 4.78 is 0. The van der Waals surface area contributed by atoms with Crippen LogP contribution in [0.4, 0.5) is 5.69 Å². The van der Waals surface area contributed by atoms with Gasteiger partial charge in [-0.2, -0.15) is 0 Å². The van der Waals surface area contributed by atoms with Crippen molar-refractivity contribution in [1.82, 2.24) is 4.98 Å². The van der Waals surface area contributed by atoms with E-state index in [9.17, 15) is 5.11 Å². The maximum atomic E-state index is 10.2. The van der Waals surface area contributed by atoms with Gasteiger partial charge < -0.3 is 10.0 Å². The van der Waals surface area contributed by atoms with Gasteiger partial charge in [0.05, 0.1) is 11.1 Å². The number of hydrogen-bond acceptors (Lipinski definition) is 3. The molecule has 19 heavy (non-hydrogen) atoms. The minimum Gasteiger partial charge on any atom is -0.388 e. The summed E-state index contributed by atoms with van der Waals surface area (Å²) in [5.74, 6) is 0. The van der Waals surface area contributed by atoms with Crippen LogP contribution in [0.3, 0.4) is 0 Å². The lowest BCUT2D eigenvalue weighted by atomic mass is 10.0. The smallest absolute Gasteiger partial charge is 0.0830 e. The molecule has 1 unspecified atom stereocenters. The Hall–Kier alpha value is -1.58. The molecule has 0 aliphatic heterocycles. The number of hydrogen-bond donors (Lipinski definition) is 1. The van der Waals surface area contributed by atoms with Crippen molar-refractivity contribution >= 4 is 17.3 Å². The Labute approximate surface area is 118 Å². The van der Waals surface area contributed by atoms with Gasteiger partial charge in [-0.1, -0.05) is 23.7 Å². The van der Waals surface area contributed by atoms with Gasteiger partial charge in [-0.25, -0.2) is 0 Å². The van der Waals surface area contributed by atoms with Crippen LogP contribution in [0.15, 0.2) is 42.7 Å². The molecule has 0 saturated heterocycles. The second kappa shape index (κ2) is 6.04. The number of halogens is 1. The van der Waals surface area contributed by atoms with Gasteiger partial charge in [-0.05, 0) is 29.3 Å². The molecule has 0 aliphatic rings. The van der Waals surface area contributed by atoms with Gasteiger partial charge >= 0.3 is 0 Å². The molecule has 3 nitrogen and oxygen atoms in total. The molecule has 0 aliphatic carbocycles. The number of aliphatic hydroxyl groups excluding tert-OH is 1. The van der Waals surface area contributed by atoms with Crippen molar-refractivity contribution in [2.75, 3.05) is 19.0 Å². The first kappa shape index (κ1) is 13.8. The molecule has 100 valence electrons. The Bertz CT molecular complexity index is 540. The monoisotopic (exact) mass is 276 g/mol. The average Bonchev–Trinajstić information content (AvgIpc) is 2.41. The van der Waals surface area contributed by atoms with E-state index in [0.29, 0.717) is 11.4 Å². The van der Waals surface area contributed by atoms with Crippen molar-refractivity contribution in [3.8, 4) is 0 Å². The zero-order valence-electron chi connectivity index (χ0n) is 11.0. The molecular weight excluding hydrogens is 260 g/mol. The standard InChI is InChI=1S/C15H17ClN2O/c1-18(2)13-5-3-11(4-6-13)15(19)9-12-7-8-17-10-14(12)16/h3-8,10,15,19H,9H2,1-2H3. The first-order valence-electron chi connectivity index (χ1n) is 6.11. The fourth-order valence-corrected chi connectivity index (χ4v) is 2.09. The highest BCUT2D eigenvalue weighted by molar-refractivity contribution is 6.31. The first-order valence-corrected chi connectivity index (χ1v) is 6.49. The molecule has 4 heteroatoms. The molecule has 1 heterocycles. The third-order valence-corrected chi connectivity index (χ3v) is 3.40. The number of aliphatic hydroxyl groups is 1. The fraction of sp³-hybridized carbons (Fsp3) is 0.267. The van der Waals surface area contributed by atoms with Gasteiger partial charge in [0, 0.05) is 38.6 Å². The summed E-state index contributed by atoms with van der Waals surface area (Å²) in [6.07, 6.45) is 3.21. The van der Waals surface area contributed by atoms with Crippen LogP contribution in [0, 0.1) is 0 Å². The van der Waals surface area contributed by atoms with E-state index in [1.54, 1.807) is 12.4 Å². The summed E-state index contributed by atoms with van der Waals surface area (Å²) in [7, 11) is 3.98. The molecule has 0 spiro atoms. The van der Waals surface area contributed by atoms with Crippen LogP contribution in [0.1, 0.15) is 17.2 Å². The van der Waals surface area contributed by atoms with E-state index in [1.807, 2.05) is 49.3 Å². The zero-order valence-corrected chi connectivity index (χ0v) is 11.8. The number of pyridine rings is 1. The van der Waals surface area contributed by atoms with E-state index in [1.165, 1.54) is 0 Å². The molecule has 0 amide bonds. The lowest BCUT2D eigenvalue weighted by Crippen LogP contribution is -2.09. The molecule has 1 aromatic carbocycles. The van der Waals surface area contributed by atoms with E-state index in [2.05, 4.69) is 4.98 Å². The van der Waals surface area contributed by atoms with Crippen molar-refractivity contribution in [3.63, 3.8) is 0 Å². The lowest BCUT2D eigenvalue weighted by Gasteiger charge is -2.15. The molecule has 0 fully saturated rings. The number of anilines is 1. The van der Waals surface area contributed by atoms with Crippen LogP contribution in [-0.2, 0) is 6.42 Å². The summed E-state index contributed by atoms with van der Waals surface area (Å²) >= 11 is 6.04. The average molecular weight is 277 g/mol. The Morgan fingerprint density at radius 1 is 1.21 bits per heavy atom. The van der Waals surface area contributed by atoms with E-state index < -0.39 is 6.10 Å². The van der Waals surface area contributed by atoms with E-state index in [4.69, 9.17) is 11.6 Å². The molecule has 2 rings (SSSR count). The zero-order chi connectivity index (χ0) is 13.8. The van der Waals surface area contributed by atoms with Crippen molar-refractivity contribution in [2.45, 2.75) is 12.5 Å². The van der Waals surface area contributed by atoms with Crippen molar-refractivity contribution in [2.24, 2.45) is 0 Å². The van der Waals surface area contributed by atoms with Crippen LogP contribution in [0.2, 0.25) is 5.02 Å². The Morgan fingerprint density at radius 2 is 1.89 bits per heavy atom. The number of aromatic nitrogens is 1. The Balaban J connectivity index is 2.12. The van der Waals surface area contributed by atoms with Crippen molar-refractivity contribution in [1.29, 1.82) is 0 Å². The van der Waals surface area contributed by atoms with Gasteiger partial charge in [-0.15, -0.1) is 0 Å².